The first-order valence-corrected chi connectivity index (χ1v) is 26.8. The van der Waals surface area contributed by atoms with E-state index in [1.54, 1.807) is 55.2 Å². The minimum absolute atomic E-state index is 0.0106. The molecule has 4 rings (SSSR count). The van der Waals surface area contributed by atoms with Gasteiger partial charge in [-0.1, -0.05) is 19.9 Å². The molecule has 0 saturated carbocycles. The zero-order valence-corrected chi connectivity index (χ0v) is 39.7. The molecule has 22 nitrogen and oxygen atoms in total. The summed E-state index contributed by atoms with van der Waals surface area (Å²) in [5, 5.41) is 16.4. The summed E-state index contributed by atoms with van der Waals surface area (Å²) < 4.78 is 132. The molecule has 0 spiro atoms. The number of carbonyl (C=O) groups is 4. The normalized spacial score (nSPS) is 16.4. The first-order valence-electron chi connectivity index (χ1n) is 20.3. The SMILES string of the molecule is CC1(C)C(C=CC=C2N(CCCS(=O)(=O)O)c3cc(C(=O)NCCS(=O)(=O)O)cc(C(=O)NCCS(=O)(=O)O)c3C2(C)C)=[N+](CCCS(=O)(=O)O)c2ccc(C(=O)NCCCC(=O)O)cc21. The largest absolute Gasteiger partial charge is 0.481 e. The lowest BCUT2D eigenvalue weighted by Gasteiger charge is -2.27. The van der Waals surface area contributed by atoms with Crippen LogP contribution in [-0.2, 0) is 56.1 Å². The number of amides is 3. The smallest absolute Gasteiger partial charge is 0.303 e. The fraction of sp³-hybridized carbons (Fsp3) is 0.475. The van der Waals surface area contributed by atoms with Crippen molar-refractivity contribution in [1.29, 1.82) is 0 Å². The topological polar surface area (TPSA) is 348 Å². The zero-order chi connectivity index (χ0) is 49.6. The summed E-state index contributed by atoms with van der Waals surface area (Å²) in [6, 6.07) is 7.47. The van der Waals surface area contributed by atoms with Crippen LogP contribution in [-0.4, -0.2) is 147 Å². The molecule has 66 heavy (non-hydrogen) atoms. The summed E-state index contributed by atoms with van der Waals surface area (Å²) in [5.74, 6) is -6.16. The van der Waals surface area contributed by atoms with E-state index in [1.807, 2.05) is 18.4 Å². The highest BCUT2D eigenvalue weighted by Crippen LogP contribution is 2.50. The lowest BCUT2D eigenvalue weighted by molar-refractivity contribution is -0.437. The van der Waals surface area contributed by atoms with Gasteiger partial charge in [0.15, 0.2) is 5.71 Å². The van der Waals surface area contributed by atoms with Gasteiger partial charge in [0.1, 0.15) is 6.54 Å². The fourth-order valence-corrected chi connectivity index (χ4v) is 9.58. The molecule has 3 amide bonds. The Morgan fingerprint density at radius 1 is 0.667 bits per heavy atom. The van der Waals surface area contributed by atoms with Crippen LogP contribution < -0.4 is 20.9 Å². The molecule has 0 bridgehead atoms. The van der Waals surface area contributed by atoms with E-state index in [1.165, 1.54) is 12.1 Å². The summed E-state index contributed by atoms with van der Waals surface area (Å²) in [7, 11) is -17.8. The molecule has 364 valence electrons. The predicted molar refractivity (Wildman–Crippen MR) is 242 cm³/mol. The molecule has 8 N–H and O–H groups in total. The number of carboxylic acid groups (broad SMARTS) is 1. The average Bonchev–Trinajstić information content (AvgIpc) is 3.51. The van der Waals surface area contributed by atoms with Crippen molar-refractivity contribution >= 4 is 81.2 Å². The van der Waals surface area contributed by atoms with Crippen molar-refractivity contribution in [3.8, 4) is 0 Å². The van der Waals surface area contributed by atoms with Gasteiger partial charge in [-0.2, -0.15) is 38.2 Å². The molecule has 0 aromatic heterocycles. The van der Waals surface area contributed by atoms with E-state index in [-0.39, 0.29) is 73.3 Å². The second kappa shape index (κ2) is 20.8. The standard InChI is InChI=1S/C40H53N5O17S4/c1-39(2)29-24-26(36(48)41-14-6-11-34(46)47)12-13-30(29)44(17-7-19-63(51,52)53)32(39)9-5-10-33-40(3,4)35-28(38(50)43-16-22-66(60,61)62)23-27(37(49)42-15-21-65(57,58)59)25-31(35)45(33)18-8-20-64(54,55)56/h5,9-10,12-13,23-25H,6-8,11,14-22H2,1-4H3,(H7-,41,42,43,46,47,48,49,50,51,52,53,54,55,56,57,58,59,60,61,62)/p+1. The van der Waals surface area contributed by atoms with Gasteiger partial charge in [-0.05, 0) is 57.0 Å². The number of nitrogens with zero attached hydrogens (tertiary/aromatic N) is 2. The molecular weight excluding hydrogens is 951 g/mol. The molecule has 0 aliphatic carbocycles. The van der Waals surface area contributed by atoms with Crippen molar-refractivity contribution in [2.45, 2.75) is 64.2 Å². The molecule has 2 aromatic carbocycles. The van der Waals surface area contributed by atoms with E-state index < -0.39 is 111 Å². The van der Waals surface area contributed by atoms with Crippen molar-refractivity contribution in [2.75, 3.05) is 60.6 Å². The number of allylic oxidation sites excluding steroid dienone is 4. The Bertz CT molecular complexity index is 2820. The number of aliphatic carboxylic acids is 1. The fourth-order valence-electron chi connectivity index (χ4n) is 7.87. The second-order valence-electron chi connectivity index (χ2n) is 16.6. The maximum absolute atomic E-state index is 13.9. The summed E-state index contributed by atoms with van der Waals surface area (Å²) in [5.41, 5.74) is 0.729. The maximum atomic E-state index is 13.9. The van der Waals surface area contributed by atoms with E-state index in [9.17, 15) is 71.1 Å². The van der Waals surface area contributed by atoms with E-state index in [2.05, 4.69) is 16.0 Å². The lowest BCUT2D eigenvalue weighted by Crippen LogP contribution is -2.32. The van der Waals surface area contributed by atoms with Crippen molar-refractivity contribution < 1.29 is 80.7 Å². The van der Waals surface area contributed by atoms with Crippen LogP contribution in [0, 0.1) is 0 Å². The van der Waals surface area contributed by atoms with E-state index in [0.717, 1.165) is 0 Å². The third kappa shape index (κ3) is 14.5. The van der Waals surface area contributed by atoms with Crippen LogP contribution in [0.5, 0.6) is 0 Å². The molecular formula is C40H54N5O17S4+. The maximum Gasteiger partial charge on any atom is 0.303 e. The minimum Gasteiger partial charge on any atom is -0.481 e. The minimum atomic E-state index is -4.51. The number of hydrogen-bond acceptors (Lipinski definition) is 13. The van der Waals surface area contributed by atoms with Gasteiger partial charge in [0.2, 0.25) is 5.69 Å². The molecule has 26 heteroatoms. The third-order valence-corrected chi connectivity index (χ3v) is 13.9. The van der Waals surface area contributed by atoms with Crippen molar-refractivity contribution in [3.05, 3.63) is 82.1 Å². The Kier molecular flexibility index (Phi) is 16.9. The number of carboxylic acids is 1. The number of nitrogens with one attached hydrogen (secondary N) is 3. The summed E-state index contributed by atoms with van der Waals surface area (Å²) in [4.78, 5) is 53.0. The van der Waals surface area contributed by atoms with Gasteiger partial charge in [0.05, 0.1) is 28.4 Å². The zero-order valence-electron chi connectivity index (χ0n) is 36.5. The van der Waals surface area contributed by atoms with E-state index >= 15 is 0 Å². The highest BCUT2D eigenvalue weighted by Gasteiger charge is 2.46. The molecule has 2 aliphatic heterocycles. The number of hydrogen-bond donors (Lipinski definition) is 8. The number of rotatable bonds is 23. The van der Waals surface area contributed by atoms with Gasteiger partial charge in [0.25, 0.3) is 58.2 Å². The molecule has 0 fully saturated rings. The van der Waals surface area contributed by atoms with Gasteiger partial charge >= 0.3 is 5.97 Å². The molecule has 0 radical (unpaired) electrons. The molecule has 2 heterocycles. The van der Waals surface area contributed by atoms with Crippen LogP contribution in [0.1, 0.15) is 95.6 Å². The van der Waals surface area contributed by atoms with Gasteiger partial charge in [0, 0.05) is 95.8 Å². The van der Waals surface area contributed by atoms with Crippen LogP contribution in [0.4, 0.5) is 11.4 Å². The monoisotopic (exact) mass is 1000 g/mol. The van der Waals surface area contributed by atoms with E-state index in [4.69, 9.17) is 5.11 Å². The highest BCUT2D eigenvalue weighted by atomic mass is 32.2. The van der Waals surface area contributed by atoms with Crippen LogP contribution in [0.15, 0.2) is 54.3 Å². The van der Waals surface area contributed by atoms with Crippen molar-refractivity contribution in [3.63, 3.8) is 0 Å². The van der Waals surface area contributed by atoms with Gasteiger partial charge < -0.3 is 26.0 Å². The molecule has 2 aromatic rings. The summed E-state index contributed by atoms with van der Waals surface area (Å²) >= 11 is 0. The average molecular weight is 1010 g/mol. The lowest BCUT2D eigenvalue weighted by atomic mass is 9.79. The Labute approximate surface area is 383 Å². The molecule has 0 atom stereocenters. The van der Waals surface area contributed by atoms with Crippen molar-refractivity contribution in [1.82, 2.24) is 16.0 Å². The highest BCUT2D eigenvalue weighted by molar-refractivity contribution is 7.86. The van der Waals surface area contributed by atoms with Crippen LogP contribution in [0.25, 0.3) is 0 Å². The number of fused-ring (bicyclic) bond motifs is 2. The molecule has 0 unspecified atom stereocenters. The second-order valence-corrected chi connectivity index (χ2v) is 22.9. The van der Waals surface area contributed by atoms with Crippen LogP contribution >= 0.6 is 0 Å². The van der Waals surface area contributed by atoms with Crippen LogP contribution in [0.2, 0.25) is 0 Å². The quantitative estimate of drug-likeness (QED) is 0.0446. The molecule has 2 aliphatic rings. The number of carbonyl (C=O) groups excluding carboxylic acids is 3. The van der Waals surface area contributed by atoms with Gasteiger partial charge in [-0.15, -0.1) is 0 Å². The Hall–Kier alpha value is -5.09. The van der Waals surface area contributed by atoms with E-state index in [0.29, 0.717) is 22.7 Å². The Balaban J connectivity index is 1.87. The number of anilines is 1. The summed E-state index contributed by atoms with van der Waals surface area (Å²) in [6.45, 7) is 6.17. The Morgan fingerprint density at radius 3 is 1.79 bits per heavy atom. The number of benzene rings is 2. The predicted octanol–water partition coefficient (Wildman–Crippen LogP) is 1.69. The van der Waals surface area contributed by atoms with Crippen molar-refractivity contribution in [2.24, 2.45) is 0 Å². The van der Waals surface area contributed by atoms with Gasteiger partial charge in [-0.3, -0.25) is 37.4 Å². The first-order chi connectivity index (χ1) is 30.3. The van der Waals surface area contributed by atoms with Crippen LogP contribution in [0.3, 0.4) is 0 Å². The molecule has 0 saturated heterocycles. The Morgan fingerprint density at radius 2 is 1.21 bits per heavy atom. The third-order valence-electron chi connectivity index (χ3n) is 10.8. The summed E-state index contributed by atoms with van der Waals surface area (Å²) in [6.07, 6.45) is 4.90. The van der Waals surface area contributed by atoms with Gasteiger partial charge in [-0.25, -0.2) is 0 Å². The first kappa shape index (κ1) is 53.5.